The number of fused-ring (bicyclic) bond motifs is 1. The van der Waals surface area contributed by atoms with Crippen LogP contribution in [0.5, 0.6) is 0 Å². The maximum atomic E-state index is 9.76. The van der Waals surface area contributed by atoms with Crippen LogP contribution < -0.4 is 0 Å². The van der Waals surface area contributed by atoms with Crippen molar-refractivity contribution >= 4 is 22.4 Å². The number of aryl methyl sites for hydroxylation is 2. The van der Waals surface area contributed by atoms with Gasteiger partial charge in [0.1, 0.15) is 0 Å². The summed E-state index contributed by atoms with van der Waals surface area (Å²) in [6, 6.07) is 27.2. The topological polar surface area (TPSA) is 28.7 Å². The Hall–Kier alpha value is -3.57. The van der Waals surface area contributed by atoms with Crippen molar-refractivity contribution in [1.29, 1.82) is 5.26 Å². The highest BCUT2D eigenvalue weighted by atomic mass is 15.0. The molecule has 0 amide bonds. The molecule has 4 aromatic rings. The molecule has 0 N–H and O–H groups in total. The molecule has 0 saturated heterocycles. The second kappa shape index (κ2) is 6.97. The Bertz CT molecular complexity index is 1200. The van der Waals surface area contributed by atoms with E-state index in [9.17, 15) is 5.26 Å². The maximum Gasteiger partial charge on any atom is 0.0998 e. The molecule has 0 atom stereocenters. The molecule has 4 rings (SSSR count). The molecule has 1 heterocycles. The molecule has 0 radical (unpaired) electrons. The molecule has 2 nitrogen and oxygen atoms in total. The molecule has 0 fully saturated rings. The highest BCUT2D eigenvalue weighted by Gasteiger charge is 2.07. The molecule has 1 aromatic heterocycles. The quantitative estimate of drug-likeness (QED) is 0.399. The molecular formula is C25H20N2. The highest BCUT2D eigenvalue weighted by Crippen LogP contribution is 2.24. The van der Waals surface area contributed by atoms with Crippen LogP contribution in [0.1, 0.15) is 22.4 Å². The first-order valence-electron chi connectivity index (χ1n) is 9.02. The average molecular weight is 348 g/mol. The average Bonchev–Trinajstić information content (AvgIpc) is 3.16. The van der Waals surface area contributed by atoms with E-state index in [0.29, 0.717) is 5.57 Å². The Balaban J connectivity index is 1.78. The van der Waals surface area contributed by atoms with Gasteiger partial charge in [-0.05, 0) is 77.7 Å². The van der Waals surface area contributed by atoms with Crippen molar-refractivity contribution in [3.8, 4) is 11.8 Å². The van der Waals surface area contributed by atoms with E-state index < -0.39 is 0 Å². The summed E-state index contributed by atoms with van der Waals surface area (Å²) >= 11 is 0. The molecule has 0 aliphatic rings. The van der Waals surface area contributed by atoms with Gasteiger partial charge >= 0.3 is 0 Å². The fraction of sp³-hybridized carbons (Fsp3) is 0.0800. The lowest BCUT2D eigenvalue weighted by Crippen LogP contribution is -1.96. The van der Waals surface area contributed by atoms with Crippen LogP contribution in [0.15, 0.2) is 79.0 Å². The lowest BCUT2D eigenvalue weighted by Gasteiger charge is -2.10. The number of hydrogen-bond acceptors (Lipinski definition) is 1. The lowest BCUT2D eigenvalue weighted by atomic mass is 10.0. The number of hydrogen-bond donors (Lipinski definition) is 0. The summed E-state index contributed by atoms with van der Waals surface area (Å²) in [5.74, 6) is 0. The number of aromatic nitrogens is 1. The van der Waals surface area contributed by atoms with Crippen LogP contribution >= 0.6 is 0 Å². The summed E-state index contributed by atoms with van der Waals surface area (Å²) in [6.07, 6.45) is 3.99. The smallest absolute Gasteiger partial charge is 0.0998 e. The van der Waals surface area contributed by atoms with Gasteiger partial charge in [0.05, 0.1) is 11.6 Å². The molecule has 130 valence electrons. The maximum absolute atomic E-state index is 9.76. The minimum atomic E-state index is 0.657. The molecule has 0 spiro atoms. The van der Waals surface area contributed by atoms with Crippen LogP contribution in [0.4, 0.5) is 0 Å². The Morgan fingerprint density at radius 2 is 1.67 bits per heavy atom. The first-order valence-corrected chi connectivity index (χ1v) is 9.02. The standard InChI is InChI=1S/C25H20N2/c1-18-9-12-25(14-19(18)2)27-13-5-8-24(27)16-23(17-26)22-11-10-20-6-3-4-7-21(20)15-22/h3-16H,1-2H3. The van der Waals surface area contributed by atoms with Gasteiger partial charge in [-0.2, -0.15) is 5.26 Å². The number of allylic oxidation sites excluding steroid dienone is 1. The number of rotatable bonds is 3. The lowest BCUT2D eigenvalue weighted by molar-refractivity contribution is 1.05. The van der Waals surface area contributed by atoms with Crippen molar-refractivity contribution in [2.45, 2.75) is 13.8 Å². The van der Waals surface area contributed by atoms with Crippen molar-refractivity contribution in [3.05, 3.63) is 101 Å². The van der Waals surface area contributed by atoms with Gasteiger partial charge in [-0.3, -0.25) is 0 Å². The van der Waals surface area contributed by atoms with Crippen molar-refractivity contribution in [2.75, 3.05) is 0 Å². The normalized spacial score (nSPS) is 11.5. The second-order valence-electron chi connectivity index (χ2n) is 6.80. The molecule has 0 bridgehead atoms. The Kier molecular flexibility index (Phi) is 4.36. The second-order valence-corrected chi connectivity index (χ2v) is 6.80. The molecule has 0 unspecified atom stereocenters. The van der Waals surface area contributed by atoms with Crippen LogP contribution in [0.25, 0.3) is 28.1 Å². The van der Waals surface area contributed by atoms with Gasteiger partial charge in [0.15, 0.2) is 0 Å². The van der Waals surface area contributed by atoms with Crippen LogP contribution in [0.3, 0.4) is 0 Å². The van der Waals surface area contributed by atoms with Crippen LogP contribution in [0, 0.1) is 25.2 Å². The van der Waals surface area contributed by atoms with Gasteiger partial charge in [0, 0.05) is 17.6 Å². The van der Waals surface area contributed by atoms with E-state index in [1.165, 1.54) is 16.5 Å². The minimum Gasteiger partial charge on any atom is -0.317 e. The Labute approximate surface area is 159 Å². The van der Waals surface area contributed by atoms with E-state index in [0.717, 1.165) is 22.3 Å². The molecule has 2 heteroatoms. The molecular weight excluding hydrogens is 328 g/mol. The van der Waals surface area contributed by atoms with Gasteiger partial charge < -0.3 is 4.57 Å². The predicted octanol–water partition coefficient (Wildman–Crippen LogP) is 6.31. The predicted molar refractivity (Wildman–Crippen MR) is 113 cm³/mol. The summed E-state index contributed by atoms with van der Waals surface area (Å²) in [4.78, 5) is 0. The largest absolute Gasteiger partial charge is 0.317 e. The third-order valence-electron chi connectivity index (χ3n) is 5.02. The Morgan fingerprint density at radius 3 is 2.44 bits per heavy atom. The van der Waals surface area contributed by atoms with Crippen molar-refractivity contribution in [1.82, 2.24) is 4.57 Å². The molecule has 27 heavy (non-hydrogen) atoms. The highest BCUT2D eigenvalue weighted by molar-refractivity contribution is 5.94. The van der Waals surface area contributed by atoms with Crippen LogP contribution in [0.2, 0.25) is 0 Å². The Morgan fingerprint density at radius 1 is 0.852 bits per heavy atom. The first-order chi connectivity index (χ1) is 13.2. The summed E-state index contributed by atoms with van der Waals surface area (Å²) in [6.45, 7) is 4.23. The van der Waals surface area contributed by atoms with Gasteiger partial charge in [0.25, 0.3) is 0 Å². The van der Waals surface area contributed by atoms with E-state index in [1.54, 1.807) is 0 Å². The zero-order valence-corrected chi connectivity index (χ0v) is 15.5. The summed E-state index contributed by atoms with van der Waals surface area (Å²) in [7, 11) is 0. The summed E-state index contributed by atoms with van der Waals surface area (Å²) < 4.78 is 2.12. The molecule has 0 saturated carbocycles. The number of nitrogens with zero attached hydrogens (tertiary/aromatic N) is 2. The van der Waals surface area contributed by atoms with E-state index >= 15 is 0 Å². The van der Waals surface area contributed by atoms with Gasteiger partial charge in [-0.25, -0.2) is 0 Å². The van der Waals surface area contributed by atoms with Gasteiger partial charge in [0.2, 0.25) is 0 Å². The number of benzene rings is 3. The number of nitriles is 1. The van der Waals surface area contributed by atoms with Crippen molar-refractivity contribution in [3.63, 3.8) is 0 Å². The third-order valence-corrected chi connectivity index (χ3v) is 5.02. The summed E-state index contributed by atoms with van der Waals surface area (Å²) in [5.41, 5.74) is 6.21. The first kappa shape index (κ1) is 16.9. The van der Waals surface area contributed by atoms with E-state index in [4.69, 9.17) is 0 Å². The van der Waals surface area contributed by atoms with Crippen LogP contribution in [-0.2, 0) is 0 Å². The van der Waals surface area contributed by atoms with Gasteiger partial charge in [-0.15, -0.1) is 0 Å². The summed E-state index contributed by atoms with van der Waals surface area (Å²) in [5, 5.41) is 12.1. The van der Waals surface area contributed by atoms with E-state index in [-0.39, 0.29) is 0 Å². The SMILES string of the molecule is Cc1ccc(-n2cccc2C=C(C#N)c2ccc3ccccc3c2)cc1C. The zero-order chi connectivity index (χ0) is 18.8. The van der Waals surface area contributed by atoms with Crippen molar-refractivity contribution < 1.29 is 0 Å². The fourth-order valence-electron chi connectivity index (χ4n) is 3.31. The molecule has 3 aromatic carbocycles. The fourth-order valence-corrected chi connectivity index (χ4v) is 3.31. The third kappa shape index (κ3) is 3.28. The van der Waals surface area contributed by atoms with Crippen molar-refractivity contribution in [2.24, 2.45) is 0 Å². The van der Waals surface area contributed by atoms with E-state index in [1.807, 2.05) is 42.6 Å². The molecule has 0 aliphatic carbocycles. The van der Waals surface area contributed by atoms with E-state index in [2.05, 4.69) is 66.9 Å². The minimum absolute atomic E-state index is 0.657. The monoisotopic (exact) mass is 348 g/mol. The molecule has 0 aliphatic heterocycles. The van der Waals surface area contributed by atoms with Gasteiger partial charge in [-0.1, -0.05) is 42.5 Å². The van der Waals surface area contributed by atoms with Crippen LogP contribution in [-0.4, -0.2) is 4.57 Å². The zero-order valence-electron chi connectivity index (χ0n) is 15.5.